The predicted octanol–water partition coefficient (Wildman–Crippen LogP) is 3.34. The van der Waals surface area contributed by atoms with E-state index in [4.69, 9.17) is 0 Å². The minimum absolute atomic E-state index is 1.23. The fourth-order valence-corrected chi connectivity index (χ4v) is 1.72. The summed E-state index contributed by atoms with van der Waals surface area (Å²) in [5.41, 5.74) is 4.29. The highest BCUT2D eigenvalue weighted by Crippen LogP contribution is 2.19. The van der Waals surface area contributed by atoms with Gasteiger partial charge < -0.3 is 0 Å². The van der Waals surface area contributed by atoms with Crippen LogP contribution in [-0.4, -0.2) is 0 Å². The summed E-state index contributed by atoms with van der Waals surface area (Å²) < 4.78 is 0. The normalized spacial score (nSPS) is 15.4. The summed E-state index contributed by atoms with van der Waals surface area (Å²) >= 11 is 0. The first kappa shape index (κ1) is 7.60. The standard InChI is InChI=1S/C12H14/c1-10-7-8-11-5-3-2-4-6-12(11)9-10/h4,6-9H,2-3,5H2,1H3. The van der Waals surface area contributed by atoms with Crippen LogP contribution in [0, 0.1) is 6.92 Å². The number of fused-ring (bicyclic) bond motifs is 1. The van der Waals surface area contributed by atoms with E-state index in [1.165, 1.54) is 36.0 Å². The lowest BCUT2D eigenvalue weighted by Gasteiger charge is -2.03. The molecule has 12 heavy (non-hydrogen) atoms. The van der Waals surface area contributed by atoms with Gasteiger partial charge in [0.1, 0.15) is 0 Å². The molecule has 1 aliphatic rings. The van der Waals surface area contributed by atoms with Crippen LogP contribution >= 0.6 is 0 Å². The van der Waals surface area contributed by atoms with E-state index in [2.05, 4.69) is 37.3 Å². The van der Waals surface area contributed by atoms with Crippen LogP contribution < -0.4 is 0 Å². The topological polar surface area (TPSA) is 0 Å². The molecule has 0 atom stereocenters. The number of hydrogen-bond acceptors (Lipinski definition) is 0. The molecule has 0 saturated carbocycles. The monoisotopic (exact) mass is 158 g/mol. The lowest BCUT2D eigenvalue weighted by molar-refractivity contribution is 0.851. The van der Waals surface area contributed by atoms with Gasteiger partial charge in [0, 0.05) is 0 Å². The van der Waals surface area contributed by atoms with Crippen LogP contribution in [0.15, 0.2) is 24.3 Å². The van der Waals surface area contributed by atoms with Gasteiger partial charge in [0.25, 0.3) is 0 Å². The van der Waals surface area contributed by atoms with Gasteiger partial charge in [-0.3, -0.25) is 0 Å². The molecule has 1 aliphatic carbocycles. The summed E-state index contributed by atoms with van der Waals surface area (Å²) in [4.78, 5) is 0. The lowest BCUT2D eigenvalue weighted by Crippen LogP contribution is -1.87. The van der Waals surface area contributed by atoms with Gasteiger partial charge in [0.2, 0.25) is 0 Å². The van der Waals surface area contributed by atoms with Crippen molar-refractivity contribution in [2.75, 3.05) is 0 Å². The van der Waals surface area contributed by atoms with Gasteiger partial charge in [-0.05, 0) is 37.3 Å². The van der Waals surface area contributed by atoms with Crippen LogP contribution in [0.5, 0.6) is 0 Å². The Kier molecular flexibility index (Phi) is 1.99. The molecule has 0 radical (unpaired) electrons. The highest BCUT2D eigenvalue weighted by Gasteiger charge is 2.02. The second kappa shape index (κ2) is 3.14. The Morgan fingerprint density at radius 3 is 3.08 bits per heavy atom. The molecular formula is C12H14. The quantitative estimate of drug-likeness (QED) is 0.543. The zero-order chi connectivity index (χ0) is 8.39. The van der Waals surface area contributed by atoms with E-state index >= 15 is 0 Å². The van der Waals surface area contributed by atoms with Crippen molar-refractivity contribution in [3.05, 3.63) is 41.0 Å². The highest BCUT2D eigenvalue weighted by atomic mass is 14.1. The Morgan fingerprint density at radius 2 is 2.17 bits per heavy atom. The molecule has 0 saturated heterocycles. The van der Waals surface area contributed by atoms with Gasteiger partial charge in [-0.15, -0.1) is 0 Å². The Bertz CT molecular complexity index is 308. The predicted molar refractivity (Wildman–Crippen MR) is 53.2 cm³/mol. The molecule has 0 bridgehead atoms. The van der Waals surface area contributed by atoms with Crippen molar-refractivity contribution in [3.63, 3.8) is 0 Å². The summed E-state index contributed by atoms with van der Waals surface area (Å²) in [6.45, 7) is 2.15. The molecule has 0 nitrogen and oxygen atoms in total. The van der Waals surface area contributed by atoms with E-state index in [0.717, 1.165) is 0 Å². The number of aryl methyl sites for hydroxylation is 2. The maximum atomic E-state index is 2.28. The number of allylic oxidation sites excluding steroid dienone is 1. The first-order valence-corrected chi connectivity index (χ1v) is 4.62. The first-order chi connectivity index (χ1) is 5.86. The Balaban J connectivity index is 2.47. The van der Waals surface area contributed by atoms with E-state index < -0.39 is 0 Å². The Hall–Kier alpha value is -1.04. The van der Waals surface area contributed by atoms with Gasteiger partial charge in [0.15, 0.2) is 0 Å². The fourth-order valence-electron chi connectivity index (χ4n) is 1.72. The summed E-state index contributed by atoms with van der Waals surface area (Å²) in [5.74, 6) is 0. The maximum Gasteiger partial charge on any atom is -0.0225 e. The third kappa shape index (κ3) is 1.42. The molecule has 0 spiro atoms. The number of hydrogen-bond donors (Lipinski definition) is 0. The molecule has 1 aromatic carbocycles. The van der Waals surface area contributed by atoms with E-state index in [-0.39, 0.29) is 0 Å². The molecule has 0 aromatic heterocycles. The zero-order valence-corrected chi connectivity index (χ0v) is 7.51. The van der Waals surface area contributed by atoms with Crippen molar-refractivity contribution >= 4 is 6.08 Å². The molecule has 0 aliphatic heterocycles. The van der Waals surface area contributed by atoms with Gasteiger partial charge in [0.05, 0.1) is 0 Å². The highest BCUT2D eigenvalue weighted by molar-refractivity contribution is 5.55. The summed E-state index contributed by atoms with van der Waals surface area (Å²) in [6.07, 6.45) is 8.31. The molecule has 0 unspecified atom stereocenters. The summed E-state index contributed by atoms with van der Waals surface area (Å²) in [7, 11) is 0. The molecule has 0 heteroatoms. The van der Waals surface area contributed by atoms with Crippen LogP contribution in [0.2, 0.25) is 0 Å². The summed E-state index contributed by atoms with van der Waals surface area (Å²) in [6, 6.07) is 6.75. The Labute approximate surface area is 73.9 Å². The third-order valence-corrected chi connectivity index (χ3v) is 2.42. The lowest BCUT2D eigenvalue weighted by atomic mass is 10.0. The van der Waals surface area contributed by atoms with Crippen molar-refractivity contribution < 1.29 is 0 Å². The van der Waals surface area contributed by atoms with E-state index in [1.807, 2.05) is 0 Å². The molecular weight excluding hydrogens is 144 g/mol. The SMILES string of the molecule is Cc1ccc2c(c1)C=CCCC2. The molecule has 0 heterocycles. The second-order valence-corrected chi connectivity index (χ2v) is 3.50. The van der Waals surface area contributed by atoms with Crippen LogP contribution in [0.1, 0.15) is 29.5 Å². The molecule has 2 rings (SSSR count). The van der Waals surface area contributed by atoms with E-state index in [0.29, 0.717) is 0 Å². The minimum Gasteiger partial charge on any atom is -0.0839 e. The molecule has 0 amide bonds. The van der Waals surface area contributed by atoms with E-state index in [9.17, 15) is 0 Å². The summed E-state index contributed by atoms with van der Waals surface area (Å²) in [5, 5.41) is 0. The van der Waals surface area contributed by atoms with Crippen LogP contribution in [0.3, 0.4) is 0 Å². The largest absolute Gasteiger partial charge is 0.0839 e. The average Bonchev–Trinajstić information content (AvgIpc) is 2.28. The Morgan fingerprint density at radius 1 is 1.25 bits per heavy atom. The van der Waals surface area contributed by atoms with E-state index in [1.54, 1.807) is 0 Å². The zero-order valence-electron chi connectivity index (χ0n) is 7.51. The maximum absolute atomic E-state index is 2.28. The van der Waals surface area contributed by atoms with Gasteiger partial charge in [-0.1, -0.05) is 35.9 Å². The fraction of sp³-hybridized carbons (Fsp3) is 0.333. The van der Waals surface area contributed by atoms with Crippen LogP contribution in [0.4, 0.5) is 0 Å². The minimum atomic E-state index is 1.23. The number of rotatable bonds is 0. The van der Waals surface area contributed by atoms with Crippen molar-refractivity contribution in [3.8, 4) is 0 Å². The van der Waals surface area contributed by atoms with Gasteiger partial charge in [-0.2, -0.15) is 0 Å². The van der Waals surface area contributed by atoms with Crippen LogP contribution in [0.25, 0.3) is 6.08 Å². The third-order valence-electron chi connectivity index (χ3n) is 2.42. The van der Waals surface area contributed by atoms with Crippen molar-refractivity contribution in [1.29, 1.82) is 0 Å². The van der Waals surface area contributed by atoms with Gasteiger partial charge in [-0.25, -0.2) is 0 Å². The van der Waals surface area contributed by atoms with Crippen molar-refractivity contribution in [1.82, 2.24) is 0 Å². The second-order valence-electron chi connectivity index (χ2n) is 3.50. The molecule has 62 valence electrons. The van der Waals surface area contributed by atoms with Gasteiger partial charge >= 0.3 is 0 Å². The first-order valence-electron chi connectivity index (χ1n) is 4.62. The van der Waals surface area contributed by atoms with Crippen LogP contribution in [-0.2, 0) is 6.42 Å². The number of benzene rings is 1. The molecule has 0 N–H and O–H groups in total. The molecule has 0 fully saturated rings. The van der Waals surface area contributed by atoms with Crippen molar-refractivity contribution in [2.24, 2.45) is 0 Å². The molecule has 1 aromatic rings. The van der Waals surface area contributed by atoms with Crippen molar-refractivity contribution in [2.45, 2.75) is 26.2 Å². The smallest absolute Gasteiger partial charge is 0.0225 e. The average molecular weight is 158 g/mol.